The summed E-state index contributed by atoms with van der Waals surface area (Å²) < 4.78 is 44.2. The Morgan fingerprint density at radius 1 is 1.04 bits per heavy atom. The highest BCUT2D eigenvalue weighted by molar-refractivity contribution is 5.39. The van der Waals surface area contributed by atoms with Crippen LogP contribution in [0.15, 0.2) is 24.5 Å². The maximum Gasteiger partial charge on any atom is 0.433 e. The summed E-state index contributed by atoms with van der Waals surface area (Å²) in [5, 5.41) is 8.32. The van der Waals surface area contributed by atoms with E-state index in [9.17, 15) is 13.2 Å². The molecule has 0 aromatic carbocycles. The predicted molar refractivity (Wildman–Crippen MR) is 98.2 cm³/mol. The largest absolute Gasteiger partial charge is 0.476 e. The van der Waals surface area contributed by atoms with Crippen LogP contribution in [0.2, 0.25) is 0 Å². The monoisotopic (exact) mass is 395 g/mol. The number of halogens is 3. The minimum absolute atomic E-state index is 0.0642. The maximum atomic E-state index is 12.8. The van der Waals surface area contributed by atoms with Gasteiger partial charge in [0.1, 0.15) is 17.8 Å². The Morgan fingerprint density at radius 3 is 2.32 bits per heavy atom. The molecule has 28 heavy (non-hydrogen) atoms. The molecule has 3 rings (SSSR count). The van der Waals surface area contributed by atoms with Crippen LogP contribution in [-0.2, 0) is 11.6 Å². The van der Waals surface area contributed by atoms with E-state index < -0.39 is 11.9 Å². The summed E-state index contributed by atoms with van der Waals surface area (Å²) in [7, 11) is 0. The molecular formula is C19H24F3N5O. The zero-order chi connectivity index (χ0) is 20.4. The fourth-order valence-electron chi connectivity index (χ4n) is 3.00. The Kier molecular flexibility index (Phi) is 5.71. The third-order valence-corrected chi connectivity index (χ3v) is 4.76. The van der Waals surface area contributed by atoms with Crippen molar-refractivity contribution >= 4 is 5.82 Å². The molecule has 0 saturated carbocycles. The lowest BCUT2D eigenvalue weighted by Gasteiger charge is -2.32. The zero-order valence-corrected chi connectivity index (χ0v) is 16.2. The van der Waals surface area contributed by atoms with Gasteiger partial charge in [-0.2, -0.15) is 18.3 Å². The number of rotatable bonds is 4. The van der Waals surface area contributed by atoms with Gasteiger partial charge in [-0.3, -0.25) is 0 Å². The molecule has 6 nitrogen and oxygen atoms in total. The Bertz CT molecular complexity index is 781. The van der Waals surface area contributed by atoms with Gasteiger partial charge in [0.2, 0.25) is 5.88 Å². The predicted octanol–water partition coefficient (Wildman–Crippen LogP) is 3.88. The first-order chi connectivity index (χ1) is 13.1. The second-order valence-electron chi connectivity index (χ2n) is 8.01. The van der Waals surface area contributed by atoms with Crippen molar-refractivity contribution in [1.29, 1.82) is 0 Å². The van der Waals surface area contributed by atoms with Crippen molar-refractivity contribution in [1.82, 2.24) is 20.2 Å². The maximum absolute atomic E-state index is 12.8. The van der Waals surface area contributed by atoms with Gasteiger partial charge < -0.3 is 9.64 Å². The van der Waals surface area contributed by atoms with Crippen LogP contribution in [-0.4, -0.2) is 39.9 Å². The van der Waals surface area contributed by atoms with Gasteiger partial charge in [0, 0.05) is 30.6 Å². The summed E-state index contributed by atoms with van der Waals surface area (Å²) in [4.78, 5) is 9.15. The van der Waals surface area contributed by atoms with Crippen molar-refractivity contribution in [2.45, 2.75) is 45.2 Å². The molecule has 2 aromatic heterocycles. The van der Waals surface area contributed by atoms with E-state index in [0.29, 0.717) is 37.3 Å². The van der Waals surface area contributed by atoms with E-state index in [1.165, 1.54) is 0 Å². The average Bonchev–Trinajstić information content (AvgIpc) is 2.66. The van der Waals surface area contributed by atoms with Crippen molar-refractivity contribution < 1.29 is 17.9 Å². The summed E-state index contributed by atoms with van der Waals surface area (Å²) in [6.45, 7) is 7.96. The van der Waals surface area contributed by atoms with Crippen LogP contribution < -0.4 is 9.64 Å². The molecule has 0 amide bonds. The van der Waals surface area contributed by atoms with E-state index in [-0.39, 0.29) is 5.41 Å². The molecule has 1 saturated heterocycles. The van der Waals surface area contributed by atoms with E-state index in [1.807, 2.05) is 17.0 Å². The van der Waals surface area contributed by atoms with E-state index in [4.69, 9.17) is 4.74 Å². The summed E-state index contributed by atoms with van der Waals surface area (Å²) in [5.41, 5.74) is -0.0813. The van der Waals surface area contributed by atoms with Gasteiger partial charge in [-0.1, -0.05) is 20.8 Å². The van der Waals surface area contributed by atoms with Gasteiger partial charge in [-0.25, -0.2) is 9.97 Å². The lowest BCUT2D eigenvalue weighted by Crippen LogP contribution is -2.36. The van der Waals surface area contributed by atoms with E-state index >= 15 is 0 Å². The molecule has 0 radical (unpaired) electrons. The fraction of sp³-hybridized carbons (Fsp3) is 0.579. The second kappa shape index (κ2) is 7.89. The van der Waals surface area contributed by atoms with Crippen LogP contribution in [0.3, 0.4) is 0 Å². The molecule has 9 heteroatoms. The summed E-state index contributed by atoms with van der Waals surface area (Å²) in [6.07, 6.45) is -1.89. The number of piperidine rings is 1. The van der Waals surface area contributed by atoms with Crippen molar-refractivity contribution in [2.75, 3.05) is 24.6 Å². The average molecular weight is 395 g/mol. The number of nitrogens with zero attached hydrogens (tertiary/aromatic N) is 5. The van der Waals surface area contributed by atoms with Crippen molar-refractivity contribution in [3.05, 3.63) is 35.9 Å². The summed E-state index contributed by atoms with van der Waals surface area (Å²) in [6, 6.07) is 4.74. The Hall–Kier alpha value is -2.45. The molecule has 0 unspecified atom stereocenters. The van der Waals surface area contributed by atoms with E-state index in [2.05, 4.69) is 40.9 Å². The molecule has 0 N–H and O–H groups in total. The van der Waals surface area contributed by atoms with Crippen LogP contribution in [0.1, 0.15) is 45.0 Å². The second-order valence-corrected chi connectivity index (χ2v) is 8.01. The first-order valence-corrected chi connectivity index (χ1v) is 9.24. The highest BCUT2D eigenvalue weighted by Crippen LogP contribution is 2.30. The van der Waals surface area contributed by atoms with Crippen LogP contribution >= 0.6 is 0 Å². The van der Waals surface area contributed by atoms with Crippen molar-refractivity contribution in [3.8, 4) is 5.88 Å². The standard InChI is InChI=1S/C19H24F3N5O/c1-18(2,3)14-4-5-17(26-25-14)28-11-13-6-8-27(9-7-13)16-10-15(19(20,21)22)23-12-24-16/h4-5,10,12-13H,6-9,11H2,1-3H3. The minimum Gasteiger partial charge on any atom is -0.476 e. The molecule has 0 atom stereocenters. The summed E-state index contributed by atoms with van der Waals surface area (Å²) in [5.74, 6) is 1.11. The van der Waals surface area contributed by atoms with Gasteiger partial charge in [-0.15, -0.1) is 5.10 Å². The minimum atomic E-state index is -4.46. The van der Waals surface area contributed by atoms with Crippen LogP contribution in [0.5, 0.6) is 5.88 Å². The molecule has 1 aliphatic heterocycles. The van der Waals surface area contributed by atoms with Gasteiger partial charge in [-0.05, 0) is 24.8 Å². The van der Waals surface area contributed by atoms with E-state index in [1.54, 1.807) is 0 Å². The van der Waals surface area contributed by atoms with Crippen LogP contribution in [0, 0.1) is 5.92 Å². The van der Waals surface area contributed by atoms with Gasteiger partial charge in [0.05, 0.1) is 12.3 Å². The highest BCUT2D eigenvalue weighted by Gasteiger charge is 2.33. The van der Waals surface area contributed by atoms with Crippen molar-refractivity contribution in [3.63, 3.8) is 0 Å². The molecular weight excluding hydrogens is 371 g/mol. The zero-order valence-electron chi connectivity index (χ0n) is 16.2. The van der Waals surface area contributed by atoms with Gasteiger partial charge in [0.25, 0.3) is 0 Å². The highest BCUT2D eigenvalue weighted by atomic mass is 19.4. The van der Waals surface area contributed by atoms with Crippen molar-refractivity contribution in [2.24, 2.45) is 5.92 Å². The number of hydrogen-bond acceptors (Lipinski definition) is 6. The first-order valence-electron chi connectivity index (χ1n) is 9.24. The number of ether oxygens (including phenoxy) is 1. The third kappa shape index (κ3) is 5.08. The third-order valence-electron chi connectivity index (χ3n) is 4.76. The molecule has 0 aliphatic carbocycles. The number of alkyl halides is 3. The number of anilines is 1. The first kappa shape index (κ1) is 20.3. The Morgan fingerprint density at radius 2 is 1.75 bits per heavy atom. The van der Waals surface area contributed by atoms with Crippen LogP contribution in [0.4, 0.5) is 19.0 Å². The molecule has 152 valence electrons. The number of aromatic nitrogens is 4. The smallest absolute Gasteiger partial charge is 0.433 e. The molecule has 1 fully saturated rings. The SMILES string of the molecule is CC(C)(C)c1ccc(OCC2CCN(c3cc(C(F)(F)F)ncn3)CC2)nn1. The fourth-order valence-corrected chi connectivity index (χ4v) is 3.00. The van der Waals surface area contributed by atoms with E-state index in [0.717, 1.165) is 30.9 Å². The number of hydrogen-bond donors (Lipinski definition) is 0. The topological polar surface area (TPSA) is 64.0 Å². The molecule has 0 bridgehead atoms. The molecule has 3 heterocycles. The Labute approximate surface area is 162 Å². The molecule has 0 spiro atoms. The lowest BCUT2D eigenvalue weighted by molar-refractivity contribution is -0.141. The quantitative estimate of drug-likeness (QED) is 0.783. The molecule has 1 aliphatic rings. The van der Waals surface area contributed by atoms with Gasteiger partial charge in [0.15, 0.2) is 0 Å². The van der Waals surface area contributed by atoms with Crippen LogP contribution in [0.25, 0.3) is 0 Å². The van der Waals surface area contributed by atoms with Gasteiger partial charge >= 0.3 is 6.18 Å². The molecule has 2 aromatic rings. The Balaban J connectivity index is 1.51. The summed E-state index contributed by atoms with van der Waals surface area (Å²) >= 11 is 0. The lowest BCUT2D eigenvalue weighted by atomic mass is 9.92. The normalized spacial score (nSPS) is 16.3.